The third-order valence-corrected chi connectivity index (χ3v) is 4.36. The minimum absolute atomic E-state index is 0.162. The van der Waals surface area contributed by atoms with Gasteiger partial charge in [0.1, 0.15) is 5.82 Å². The molecule has 0 atom stereocenters. The number of rotatable bonds is 4. The summed E-state index contributed by atoms with van der Waals surface area (Å²) in [6.07, 6.45) is 0.162. The Balaban J connectivity index is 1.98. The first kappa shape index (κ1) is 17.6. The number of amides is 2. The number of carbonyl (C=O) groups is 2. The molecule has 0 unspecified atom stereocenters. The molecular weight excluding hydrogens is 440 g/mol. The molecule has 0 saturated carbocycles. The lowest BCUT2D eigenvalue weighted by Gasteiger charge is -2.17. The number of hydrogen-bond donors (Lipinski definition) is 2. The Morgan fingerprint density at radius 3 is 2.68 bits per heavy atom. The number of carbonyl (C=O) groups excluding carboxylic acids is 2. The van der Waals surface area contributed by atoms with Crippen LogP contribution in [0.2, 0.25) is 0 Å². The molecule has 130 valence electrons. The number of hydrogen-bond acceptors (Lipinski definition) is 5. The van der Waals surface area contributed by atoms with Crippen LogP contribution in [-0.2, 0) is 9.63 Å². The van der Waals surface area contributed by atoms with Gasteiger partial charge in [-0.1, -0.05) is 0 Å². The molecule has 2 aromatic carbocycles. The number of benzene rings is 2. The summed E-state index contributed by atoms with van der Waals surface area (Å²) in [5.74, 6) is -1.42. The lowest BCUT2D eigenvalue weighted by Crippen LogP contribution is -2.31. The van der Waals surface area contributed by atoms with Gasteiger partial charge in [-0.2, -0.15) is 0 Å². The van der Waals surface area contributed by atoms with Gasteiger partial charge in [0.15, 0.2) is 0 Å². The zero-order chi connectivity index (χ0) is 18.0. The summed E-state index contributed by atoms with van der Waals surface area (Å²) >= 11 is 2.02. The van der Waals surface area contributed by atoms with Gasteiger partial charge in [-0.15, -0.1) is 5.06 Å². The van der Waals surface area contributed by atoms with Crippen LogP contribution in [-0.4, -0.2) is 30.5 Å². The third-order valence-electron chi connectivity index (χ3n) is 3.69. The highest BCUT2D eigenvalue weighted by molar-refractivity contribution is 14.1. The summed E-state index contributed by atoms with van der Waals surface area (Å²) in [6.45, 7) is 0.174. The molecule has 0 aliphatic carbocycles. The van der Waals surface area contributed by atoms with E-state index in [-0.39, 0.29) is 24.3 Å². The molecule has 6 nitrogen and oxygen atoms in total. The van der Waals surface area contributed by atoms with Crippen LogP contribution in [0.1, 0.15) is 16.8 Å². The van der Waals surface area contributed by atoms with E-state index in [1.165, 1.54) is 6.07 Å². The Kier molecular flexibility index (Phi) is 5.19. The topological polar surface area (TPSA) is 70.7 Å². The van der Waals surface area contributed by atoms with Crippen LogP contribution in [0.25, 0.3) is 0 Å². The molecule has 1 heterocycles. The number of imide groups is 1. The number of nitrogens with zero attached hydrogens (tertiary/aromatic N) is 1. The highest BCUT2D eigenvalue weighted by Gasteiger charge is 2.30. The molecule has 1 aliphatic heterocycles. The van der Waals surface area contributed by atoms with Gasteiger partial charge in [-0.25, -0.2) is 4.39 Å². The lowest BCUT2D eigenvalue weighted by molar-refractivity contribution is -0.148. The van der Waals surface area contributed by atoms with Crippen LogP contribution < -0.4 is 10.6 Å². The van der Waals surface area contributed by atoms with E-state index in [1.807, 2.05) is 22.6 Å². The van der Waals surface area contributed by atoms with Crippen molar-refractivity contribution in [1.82, 2.24) is 5.06 Å². The molecule has 0 spiro atoms. The number of anilines is 3. The van der Waals surface area contributed by atoms with Crippen LogP contribution in [0.5, 0.6) is 0 Å². The quantitative estimate of drug-likeness (QED) is 0.546. The van der Waals surface area contributed by atoms with E-state index in [9.17, 15) is 14.0 Å². The molecule has 8 heteroatoms. The van der Waals surface area contributed by atoms with E-state index in [2.05, 4.69) is 10.6 Å². The van der Waals surface area contributed by atoms with E-state index in [0.29, 0.717) is 5.69 Å². The summed E-state index contributed by atoms with van der Waals surface area (Å²) in [5, 5.41) is 6.65. The Morgan fingerprint density at radius 2 is 2.04 bits per heavy atom. The predicted molar refractivity (Wildman–Crippen MR) is 100 cm³/mol. The van der Waals surface area contributed by atoms with E-state index in [1.54, 1.807) is 37.4 Å². The van der Waals surface area contributed by atoms with E-state index in [0.717, 1.165) is 14.3 Å². The molecular formula is C17H15FIN3O3. The van der Waals surface area contributed by atoms with Crippen molar-refractivity contribution in [1.29, 1.82) is 0 Å². The number of nitrogens with one attached hydrogen (secondary N) is 2. The summed E-state index contributed by atoms with van der Waals surface area (Å²) in [6, 6.07) is 9.67. The standard InChI is InChI=1S/C17H15FIN3O3/c1-20-11-3-4-12(17(24)22-16(23)6-7-25-22)15(9-11)21-14-5-2-10(19)8-13(14)18/h2-5,8-9,20-21H,6-7H2,1H3. The van der Waals surface area contributed by atoms with Crippen molar-refractivity contribution in [2.45, 2.75) is 6.42 Å². The van der Waals surface area contributed by atoms with E-state index in [4.69, 9.17) is 4.84 Å². The maximum Gasteiger partial charge on any atom is 0.286 e. The fraction of sp³-hybridized carbons (Fsp3) is 0.176. The van der Waals surface area contributed by atoms with Crippen molar-refractivity contribution in [3.63, 3.8) is 0 Å². The molecule has 0 bridgehead atoms. The molecule has 1 aliphatic rings. The van der Waals surface area contributed by atoms with Crippen molar-refractivity contribution in [3.8, 4) is 0 Å². The molecule has 2 aromatic rings. The van der Waals surface area contributed by atoms with Gasteiger partial charge >= 0.3 is 0 Å². The zero-order valence-corrected chi connectivity index (χ0v) is 15.5. The SMILES string of the molecule is CNc1ccc(C(=O)N2OCCC2=O)c(Nc2ccc(I)cc2F)c1. The van der Waals surface area contributed by atoms with Gasteiger partial charge in [-0.05, 0) is 59.0 Å². The Morgan fingerprint density at radius 1 is 1.24 bits per heavy atom. The normalized spacial score (nSPS) is 13.9. The molecule has 2 amide bonds. The maximum absolute atomic E-state index is 14.2. The highest BCUT2D eigenvalue weighted by Crippen LogP contribution is 2.28. The highest BCUT2D eigenvalue weighted by atomic mass is 127. The van der Waals surface area contributed by atoms with Crippen molar-refractivity contribution in [2.24, 2.45) is 0 Å². The van der Waals surface area contributed by atoms with Crippen LogP contribution in [0.15, 0.2) is 36.4 Å². The fourth-order valence-corrected chi connectivity index (χ4v) is 2.86. The molecule has 0 aromatic heterocycles. The largest absolute Gasteiger partial charge is 0.388 e. The second kappa shape index (κ2) is 7.36. The second-order valence-corrected chi connectivity index (χ2v) is 6.58. The molecule has 1 fully saturated rings. The minimum atomic E-state index is -0.585. The van der Waals surface area contributed by atoms with Crippen molar-refractivity contribution in [2.75, 3.05) is 24.3 Å². The summed E-state index contributed by atoms with van der Waals surface area (Å²) in [7, 11) is 1.74. The lowest BCUT2D eigenvalue weighted by atomic mass is 10.1. The number of halogens is 2. The van der Waals surface area contributed by atoms with Crippen molar-refractivity contribution in [3.05, 3.63) is 51.3 Å². The monoisotopic (exact) mass is 455 g/mol. The molecule has 0 radical (unpaired) electrons. The Hall–Kier alpha value is -2.20. The molecule has 1 saturated heterocycles. The van der Waals surface area contributed by atoms with Crippen molar-refractivity contribution >= 4 is 51.5 Å². The molecule has 3 rings (SSSR count). The summed E-state index contributed by atoms with van der Waals surface area (Å²) < 4.78 is 14.9. The molecule has 2 N–H and O–H groups in total. The van der Waals surface area contributed by atoms with Gasteiger partial charge in [0, 0.05) is 16.3 Å². The predicted octanol–water partition coefficient (Wildman–Crippen LogP) is 3.52. The van der Waals surface area contributed by atoms with Crippen LogP contribution in [0, 0.1) is 9.39 Å². The van der Waals surface area contributed by atoms with Crippen LogP contribution in [0.4, 0.5) is 21.5 Å². The summed E-state index contributed by atoms with van der Waals surface area (Å²) in [5.41, 5.74) is 1.56. The smallest absolute Gasteiger partial charge is 0.286 e. The van der Waals surface area contributed by atoms with Gasteiger partial charge in [-0.3, -0.25) is 14.4 Å². The van der Waals surface area contributed by atoms with Gasteiger partial charge < -0.3 is 10.6 Å². The Bertz CT molecular complexity index is 844. The molecule has 25 heavy (non-hydrogen) atoms. The second-order valence-electron chi connectivity index (χ2n) is 5.34. The average molecular weight is 455 g/mol. The fourth-order valence-electron chi connectivity index (χ4n) is 2.40. The van der Waals surface area contributed by atoms with Gasteiger partial charge in [0.2, 0.25) is 0 Å². The maximum atomic E-state index is 14.2. The first-order valence-corrected chi connectivity index (χ1v) is 8.61. The average Bonchev–Trinajstić information content (AvgIpc) is 3.02. The summed E-state index contributed by atoms with van der Waals surface area (Å²) in [4.78, 5) is 29.5. The van der Waals surface area contributed by atoms with Crippen LogP contribution >= 0.6 is 22.6 Å². The van der Waals surface area contributed by atoms with Gasteiger partial charge in [0.25, 0.3) is 11.8 Å². The minimum Gasteiger partial charge on any atom is -0.388 e. The third kappa shape index (κ3) is 3.74. The number of hydroxylamine groups is 2. The first-order valence-electron chi connectivity index (χ1n) is 7.53. The van der Waals surface area contributed by atoms with Crippen LogP contribution in [0.3, 0.4) is 0 Å². The van der Waals surface area contributed by atoms with E-state index < -0.39 is 17.6 Å². The van der Waals surface area contributed by atoms with Crippen molar-refractivity contribution < 1.29 is 18.8 Å². The Labute approximate surface area is 157 Å². The van der Waals surface area contributed by atoms with Gasteiger partial charge in [0.05, 0.1) is 30.0 Å². The zero-order valence-electron chi connectivity index (χ0n) is 13.3. The first-order chi connectivity index (χ1) is 12.0. The van der Waals surface area contributed by atoms with E-state index >= 15 is 0 Å².